The molecule has 1 amide bonds. The monoisotopic (exact) mass is 568 g/mol. The summed E-state index contributed by atoms with van der Waals surface area (Å²) in [4.78, 5) is 27.7. The first kappa shape index (κ1) is 31.8. The van der Waals surface area contributed by atoms with Crippen LogP contribution in [0.4, 0.5) is 0 Å². The molecule has 0 unspecified atom stereocenters. The van der Waals surface area contributed by atoms with Crippen molar-refractivity contribution in [3.8, 4) is 0 Å². The molecule has 1 aromatic rings. The summed E-state index contributed by atoms with van der Waals surface area (Å²) in [6.07, 6.45) is -3.04. The van der Waals surface area contributed by atoms with E-state index in [4.69, 9.17) is 14.2 Å². The third-order valence-electron chi connectivity index (χ3n) is 7.74. The van der Waals surface area contributed by atoms with E-state index in [1.165, 1.54) is 7.11 Å². The summed E-state index contributed by atoms with van der Waals surface area (Å²) in [5, 5.41) is 35.1. The van der Waals surface area contributed by atoms with Gasteiger partial charge in [-0.2, -0.15) is 0 Å². The first-order chi connectivity index (χ1) is 18.6. The number of esters is 1. The zero-order valence-corrected chi connectivity index (χ0v) is 24.3. The number of aliphatic hydroxyl groups excluding tert-OH is 3. The molecule has 0 spiro atoms. The van der Waals surface area contributed by atoms with Gasteiger partial charge in [0.25, 0.3) is 0 Å². The Morgan fingerprint density at radius 3 is 2.59 bits per heavy atom. The van der Waals surface area contributed by atoms with Crippen molar-refractivity contribution < 1.29 is 39.1 Å². The van der Waals surface area contributed by atoms with Gasteiger partial charge in [-0.1, -0.05) is 31.5 Å². The molecule has 2 aliphatic heterocycles. The van der Waals surface area contributed by atoms with Gasteiger partial charge in [-0.25, -0.2) is 4.79 Å². The molecule has 2 heterocycles. The van der Waals surface area contributed by atoms with E-state index in [1.54, 1.807) is 19.1 Å². The highest BCUT2D eigenvalue weighted by Crippen LogP contribution is 2.32. The minimum Gasteiger partial charge on any atom is -0.461 e. The zero-order chi connectivity index (χ0) is 28.7. The number of aryl methyl sites for hydroxylation is 1. The number of hydrogen-bond acceptors (Lipinski definition) is 10. The highest BCUT2D eigenvalue weighted by Gasteiger charge is 2.49. The van der Waals surface area contributed by atoms with Crippen LogP contribution in [0.15, 0.2) is 24.3 Å². The predicted molar refractivity (Wildman–Crippen MR) is 148 cm³/mol. The molecule has 2 saturated heterocycles. The van der Waals surface area contributed by atoms with E-state index >= 15 is 0 Å². The van der Waals surface area contributed by atoms with Crippen LogP contribution in [-0.4, -0.2) is 113 Å². The number of likely N-dealkylation sites (tertiary alicyclic amines) is 1. The predicted octanol–water partition coefficient (Wildman–Crippen LogP) is 1.33. The number of carbonyl (C=O) groups is 2. The Morgan fingerprint density at radius 2 is 1.92 bits per heavy atom. The number of rotatable bonds is 12. The van der Waals surface area contributed by atoms with E-state index in [-0.39, 0.29) is 24.3 Å². The Balaban J connectivity index is 1.63. The molecule has 0 bridgehead atoms. The molecule has 3 rings (SSSR count). The van der Waals surface area contributed by atoms with Gasteiger partial charge in [-0.15, -0.1) is 11.8 Å². The summed E-state index contributed by atoms with van der Waals surface area (Å²) in [7, 11) is 3.43. The average molecular weight is 569 g/mol. The summed E-state index contributed by atoms with van der Waals surface area (Å²) in [5.74, 6) is 0.108. The fraction of sp³-hybridized carbons (Fsp3) is 0.714. The van der Waals surface area contributed by atoms with Gasteiger partial charge < -0.3 is 34.8 Å². The maximum absolute atomic E-state index is 13.3. The fourth-order valence-corrected chi connectivity index (χ4v) is 6.37. The van der Waals surface area contributed by atoms with Crippen LogP contribution in [0.3, 0.4) is 0 Å². The lowest BCUT2D eigenvalue weighted by Crippen LogP contribution is -2.66. The molecule has 11 heteroatoms. The molecule has 0 saturated carbocycles. The lowest BCUT2D eigenvalue weighted by atomic mass is 9.91. The second-order valence-electron chi connectivity index (χ2n) is 10.6. The highest BCUT2D eigenvalue weighted by molar-refractivity contribution is 7.99. The van der Waals surface area contributed by atoms with Crippen molar-refractivity contribution in [3.63, 3.8) is 0 Å². The fourth-order valence-electron chi connectivity index (χ4n) is 5.39. The minimum atomic E-state index is -1.50. The molecule has 9 atom stereocenters. The summed E-state index contributed by atoms with van der Waals surface area (Å²) in [6.45, 7) is 6.62. The number of nitrogens with zero attached hydrogens (tertiary/aromatic N) is 1. The smallest absolute Gasteiger partial charge is 0.338 e. The second kappa shape index (κ2) is 14.8. The number of nitrogens with one attached hydrogen (secondary N) is 1. The molecular weight excluding hydrogens is 524 g/mol. The van der Waals surface area contributed by atoms with Crippen molar-refractivity contribution in [2.24, 2.45) is 5.92 Å². The van der Waals surface area contributed by atoms with E-state index in [9.17, 15) is 24.9 Å². The van der Waals surface area contributed by atoms with Gasteiger partial charge in [0.15, 0.2) is 0 Å². The summed E-state index contributed by atoms with van der Waals surface area (Å²) in [6, 6.07) is 6.05. The number of aliphatic hydroxyl groups is 3. The quantitative estimate of drug-likeness (QED) is 0.216. The van der Waals surface area contributed by atoms with E-state index < -0.39 is 48.0 Å². The van der Waals surface area contributed by atoms with Crippen molar-refractivity contribution in [1.82, 2.24) is 10.2 Å². The van der Waals surface area contributed by atoms with E-state index in [2.05, 4.69) is 12.2 Å². The Labute approximate surface area is 235 Å². The van der Waals surface area contributed by atoms with Gasteiger partial charge in [0.1, 0.15) is 36.5 Å². The average Bonchev–Trinajstić information content (AvgIpc) is 3.29. The summed E-state index contributed by atoms with van der Waals surface area (Å²) in [5.41, 5.74) is 0.374. The lowest BCUT2D eigenvalue weighted by Gasteiger charge is -2.44. The first-order valence-corrected chi connectivity index (χ1v) is 14.7. The number of methoxy groups -OCH3 is 1. The van der Waals surface area contributed by atoms with Crippen molar-refractivity contribution in [2.45, 2.75) is 88.1 Å². The molecule has 2 fully saturated rings. The largest absolute Gasteiger partial charge is 0.461 e. The van der Waals surface area contributed by atoms with Crippen LogP contribution in [-0.2, 0) is 19.0 Å². The molecular formula is C28H44N2O8S. The summed E-state index contributed by atoms with van der Waals surface area (Å²) < 4.78 is 17.0. The highest BCUT2D eigenvalue weighted by atomic mass is 32.2. The molecule has 4 N–H and O–H groups in total. The van der Waals surface area contributed by atoms with Gasteiger partial charge in [0.05, 0.1) is 23.8 Å². The Kier molecular flexibility index (Phi) is 12.0. The van der Waals surface area contributed by atoms with Crippen LogP contribution in [0.1, 0.15) is 49.0 Å². The summed E-state index contributed by atoms with van der Waals surface area (Å²) >= 11 is 1.16. The Hall–Kier alpha value is -1.73. The molecule has 1 aromatic carbocycles. The van der Waals surface area contributed by atoms with Crippen LogP contribution >= 0.6 is 11.8 Å². The number of amides is 1. The van der Waals surface area contributed by atoms with Gasteiger partial charge in [0.2, 0.25) is 5.91 Å². The van der Waals surface area contributed by atoms with Gasteiger partial charge in [-0.3, -0.25) is 9.69 Å². The van der Waals surface area contributed by atoms with Gasteiger partial charge in [-0.05, 0) is 51.3 Å². The van der Waals surface area contributed by atoms with Crippen LogP contribution < -0.4 is 5.32 Å². The van der Waals surface area contributed by atoms with Crippen molar-refractivity contribution >= 4 is 23.6 Å². The number of likely N-dealkylation sites (N-methyl/N-ethyl adjacent to an activating group) is 1. The van der Waals surface area contributed by atoms with E-state index in [0.29, 0.717) is 11.5 Å². The molecule has 0 aromatic heterocycles. The standard InChI is InChI=1S/C28H44N2O8S/c1-6-9-18-14-20(30(4)15-18)26(34)29-21(17(3)36-5)25-23(32)22(31)24(33)28(38-25)39-13-12-37-27(35)19-11-8-7-10-16(19)2/h7-8,10-11,17-18,20-25,28,31-33H,6,9,12-15H2,1-5H3,(H,29,34)/t17-,18-,20+,21-,22+,23-,24-,25-,28-/m1/s1. The third-order valence-corrected chi connectivity index (χ3v) is 8.87. The number of thioether (sulfide) groups is 1. The zero-order valence-electron chi connectivity index (χ0n) is 23.5. The van der Waals surface area contributed by atoms with Gasteiger partial charge in [0, 0.05) is 19.4 Å². The minimum absolute atomic E-state index is 0.0648. The van der Waals surface area contributed by atoms with Crippen LogP contribution in [0.2, 0.25) is 0 Å². The maximum Gasteiger partial charge on any atom is 0.338 e. The molecule has 0 aliphatic carbocycles. The van der Waals surface area contributed by atoms with Gasteiger partial charge >= 0.3 is 5.97 Å². The van der Waals surface area contributed by atoms with E-state index in [0.717, 1.165) is 43.1 Å². The molecule has 220 valence electrons. The van der Waals surface area contributed by atoms with Crippen LogP contribution in [0.25, 0.3) is 0 Å². The number of carbonyl (C=O) groups excluding carboxylic acids is 2. The normalized spacial score (nSPS) is 31.0. The third kappa shape index (κ3) is 7.93. The van der Waals surface area contributed by atoms with Crippen LogP contribution in [0, 0.1) is 12.8 Å². The first-order valence-electron chi connectivity index (χ1n) is 13.7. The Bertz CT molecular complexity index is 952. The molecule has 39 heavy (non-hydrogen) atoms. The van der Waals surface area contributed by atoms with E-state index in [1.807, 2.05) is 31.0 Å². The number of benzene rings is 1. The second-order valence-corrected chi connectivity index (χ2v) is 11.8. The number of hydrogen-bond donors (Lipinski definition) is 4. The molecule has 0 radical (unpaired) electrons. The topological polar surface area (TPSA) is 138 Å². The molecule has 10 nitrogen and oxygen atoms in total. The van der Waals surface area contributed by atoms with Crippen molar-refractivity contribution in [1.29, 1.82) is 0 Å². The Morgan fingerprint density at radius 1 is 1.21 bits per heavy atom. The molecule has 2 aliphatic rings. The maximum atomic E-state index is 13.3. The van der Waals surface area contributed by atoms with Crippen LogP contribution in [0.5, 0.6) is 0 Å². The van der Waals surface area contributed by atoms with Crippen molar-refractivity contribution in [2.75, 3.05) is 33.1 Å². The SMILES string of the molecule is CCC[C@@H]1C[C@@H](C(=O)N[C@@H]([C@H]2O[C@H](SCCOC(=O)c3ccccc3C)[C@H](O)[C@@H](O)[C@H]2O)[C@@H](C)OC)N(C)C1. The number of ether oxygens (including phenoxy) is 3. The lowest BCUT2D eigenvalue weighted by molar-refractivity contribution is -0.212. The van der Waals surface area contributed by atoms with Crippen molar-refractivity contribution in [3.05, 3.63) is 35.4 Å².